The van der Waals surface area contributed by atoms with Crippen molar-refractivity contribution in [3.05, 3.63) is 53.6 Å². The molecular formula is C16H18FN3O2. The van der Waals surface area contributed by atoms with E-state index in [1.54, 1.807) is 35.0 Å². The highest BCUT2D eigenvalue weighted by molar-refractivity contribution is 5.94. The summed E-state index contributed by atoms with van der Waals surface area (Å²) in [6.45, 7) is 0.198. The van der Waals surface area contributed by atoms with Crippen LogP contribution in [0.2, 0.25) is 0 Å². The van der Waals surface area contributed by atoms with Crippen LogP contribution in [-0.4, -0.2) is 38.3 Å². The molecule has 116 valence electrons. The zero-order valence-corrected chi connectivity index (χ0v) is 12.3. The van der Waals surface area contributed by atoms with Crippen molar-refractivity contribution in [3.63, 3.8) is 0 Å². The highest BCUT2D eigenvalue weighted by atomic mass is 19.1. The zero-order valence-electron chi connectivity index (χ0n) is 12.3. The van der Waals surface area contributed by atoms with Crippen molar-refractivity contribution in [2.45, 2.75) is 25.0 Å². The van der Waals surface area contributed by atoms with Crippen LogP contribution in [0.5, 0.6) is 0 Å². The molecule has 1 fully saturated rings. The van der Waals surface area contributed by atoms with Crippen LogP contribution in [0.1, 0.15) is 34.9 Å². The van der Waals surface area contributed by atoms with Crippen molar-refractivity contribution in [2.24, 2.45) is 7.05 Å². The summed E-state index contributed by atoms with van der Waals surface area (Å²) < 4.78 is 14.5. The molecule has 1 N–H and O–H groups in total. The maximum Gasteiger partial charge on any atom is 0.257 e. The molecule has 0 radical (unpaired) electrons. The van der Waals surface area contributed by atoms with E-state index in [9.17, 15) is 14.3 Å². The molecular weight excluding hydrogens is 285 g/mol. The van der Waals surface area contributed by atoms with Crippen molar-refractivity contribution in [3.8, 4) is 0 Å². The lowest BCUT2D eigenvalue weighted by Crippen LogP contribution is -2.36. The van der Waals surface area contributed by atoms with Crippen LogP contribution in [0.15, 0.2) is 36.7 Å². The van der Waals surface area contributed by atoms with Crippen molar-refractivity contribution < 1.29 is 14.3 Å². The van der Waals surface area contributed by atoms with Gasteiger partial charge >= 0.3 is 0 Å². The largest absolute Gasteiger partial charge is 0.387 e. The summed E-state index contributed by atoms with van der Waals surface area (Å²) in [6, 6.07) is 5.87. The van der Waals surface area contributed by atoms with Gasteiger partial charge in [0.2, 0.25) is 0 Å². The first kappa shape index (κ1) is 14.7. The lowest BCUT2D eigenvalue weighted by Gasteiger charge is -2.25. The van der Waals surface area contributed by atoms with E-state index in [-0.39, 0.29) is 24.3 Å². The molecule has 1 saturated carbocycles. The monoisotopic (exact) mass is 303 g/mol. The summed E-state index contributed by atoms with van der Waals surface area (Å²) in [4.78, 5) is 14.2. The minimum absolute atomic E-state index is 0.128. The molecule has 0 bridgehead atoms. The van der Waals surface area contributed by atoms with Crippen LogP contribution in [0.4, 0.5) is 4.39 Å². The van der Waals surface area contributed by atoms with Gasteiger partial charge in [0.05, 0.1) is 24.4 Å². The number of carbonyl (C=O) groups excluding carboxylic acids is 1. The van der Waals surface area contributed by atoms with E-state index in [0.29, 0.717) is 11.1 Å². The van der Waals surface area contributed by atoms with Gasteiger partial charge in [0.25, 0.3) is 5.91 Å². The third-order valence-corrected chi connectivity index (χ3v) is 3.82. The van der Waals surface area contributed by atoms with E-state index in [2.05, 4.69) is 5.10 Å². The molecule has 1 aliphatic rings. The first-order chi connectivity index (χ1) is 10.5. The number of aliphatic hydroxyl groups is 1. The van der Waals surface area contributed by atoms with Gasteiger partial charge in [-0.15, -0.1) is 0 Å². The Hall–Kier alpha value is -2.21. The van der Waals surface area contributed by atoms with Gasteiger partial charge in [0, 0.05) is 19.3 Å². The average molecular weight is 303 g/mol. The van der Waals surface area contributed by atoms with Gasteiger partial charge in [0.1, 0.15) is 5.82 Å². The normalized spacial score (nSPS) is 15.6. The van der Waals surface area contributed by atoms with Crippen molar-refractivity contribution in [1.82, 2.24) is 14.7 Å². The molecule has 1 heterocycles. The number of aryl methyl sites for hydroxylation is 1. The van der Waals surface area contributed by atoms with E-state index in [1.807, 2.05) is 0 Å². The summed E-state index contributed by atoms with van der Waals surface area (Å²) in [5, 5.41) is 14.3. The second kappa shape index (κ2) is 5.88. The van der Waals surface area contributed by atoms with Crippen LogP contribution in [0, 0.1) is 5.82 Å². The predicted molar refractivity (Wildman–Crippen MR) is 78.6 cm³/mol. The molecule has 0 aliphatic heterocycles. The molecule has 0 saturated heterocycles. The van der Waals surface area contributed by atoms with Crippen LogP contribution < -0.4 is 0 Å². The minimum Gasteiger partial charge on any atom is -0.387 e. The zero-order chi connectivity index (χ0) is 15.7. The first-order valence-electron chi connectivity index (χ1n) is 7.28. The highest BCUT2D eigenvalue weighted by Crippen LogP contribution is 2.30. The number of aromatic nitrogens is 2. The maximum atomic E-state index is 12.9. The fourth-order valence-electron chi connectivity index (χ4n) is 2.46. The summed E-state index contributed by atoms with van der Waals surface area (Å²) >= 11 is 0. The van der Waals surface area contributed by atoms with Gasteiger partial charge in [-0.05, 0) is 30.5 Å². The SMILES string of the molecule is Cn1cc(C(=O)N(CC(O)c2ccc(F)cc2)C2CC2)cn1. The number of rotatable bonds is 5. The number of halogens is 1. The van der Waals surface area contributed by atoms with Crippen LogP contribution in [0.25, 0.3) is 0 Å². The number of aliphatic hydroxyl groups excluding tert-OH is 1. The Bertz CT molecular complexity index is 664. The molecule has 3 rings (SSSR count). The summed E-state index contributed by atoms with van der Waals surface area (Å²) in [6.07, 6.45) is 4.26. The van der Waals surface area contributed by atoms with Crippen molar-refractivity contribution >= 4 is 5.91 Å². The molecule has 2 aromatic rings. The number of nitrogens with zero attached hydrogens (tertiary/aromatic N) is 3. The number of benzene rings is 1. The highest BCUT2D eigenvalue weighted by Gasteiger charge is 2.34. The fourth-order valence-corrected chi connectivity index (χ4v) is 2.46. The first-order valence-corrected chi connectivity index (χ1v) is 7.28. The smallest absolute Gasteiger partial charge is 0.257 e. The minimum atomic E-state index is -0.832. The molecule has 1 atom stereocenters. The Labute approximate surface area is 128 Å². The third kappa shape index (κ3) is 3.17. The molecule has 1 aromatic heterocycles. The van der Waals surface area contributed by atoms with Gasteiger partial charge in [-0.1, -0.05) is 12.1 Å². The van der Waals surface area contributed by atoms with Crippen molar-refractivity contribution in [2.75, 3.05) is 6.54 Å². The Balaban J connectivity index is 1.74. The Morgan fingerprint density at radius 2 is 2.14 bits per heavy atom. The lowest BCUT2D eigenvalue weighted by molar-refractivity contribution is 0.0603. The van der Waals surface area contributed by atoms with Gasteiger partial charge in [-0.2, -0.15) is 5.10 Å². The standard InChI is InChI=1S/C16H18FN3O2/c1-19-9-12(8-18-19)16(22)20(14-6-7-14)10-15(21)11-2-4-13(17)5-3-11/h2-5,8-9,14-15,21H,6-7,10H2,1H3. The second-order valence-corrected chi connectivity index (χ2v) is 5.66. The average Bonchev–Trinajstić information content (AvgIpc) is 3.25. The van der Waals surface area contributed by atoms with Gasteiger partial charge in [-0.3, -0.25) is 9.48 Å². The summed E-state index contributed by atoms with van der Waals surface area (Å²) in [5.74, 6) is -0.474. The number of carbonyl (C=O) groups is 1. The fraction of sp³-hybridized carbons (Fsp3) is 0.375. The summed E-state index contributed by atoms with van der Waals surface area (Å²) in [5.41, 5.74) is 1.12. The molecule has 1 amide bonds. The van der Waals surface area contributed by atoms with E-state index in [4.69, 9.17) is 0 Å². The molecule has 0 spiro atoms. The van der Waals surface area contributed by atoms with Crippen LogP contribution in [0.3, 0.4) is 0 Å². The maximum absolute atomic E-state index is 12.9. The van der Waals surface area contributed by atoms with E-state index < -0.39 is 6.10 Å². The second-order valence-electron chi connectivity index (χ2n) is 5.66. The molecule has 1 aliphatic carbocycles. The Morgan fingerprint density at radius 3 is 2.68 bits per heavy atom. The predicted octanol–water partition coefficient (Wildman–Crippen LogP) is 1.90. The lowest BCUT2D eigenvalue weighted by atomic mass is 10.1. The third-order valence-electron chi connectivity index (χ3n) is 3.82. The number of hydrogen-bond donors (Lipinski definition) is 1. The quantitative estimate of drug-likeness (QED) is 0.918. The number of hydrogen-bond acceptors (Lipinski definition) is 3. The van der Waals surface area contributed by atoms with Crippen LogP contribution in [-0.2, 0) is 7.05 Å². The van der Waals surface area contributed by atoms with Crippen molar-refractivity contribution in [1.29, 1.82) is 0 Å². The van der Waals surface area contributed by atoms with Gasteiger partial charge in [-0.25, -0.2) is 4.39 Å². The van der Waals surface area contributed by atoms with E-state index in [1.165, 1.54) is 18.3 Å². The molecule has 6 heteroatoms. The molecule has 22 heavy (non-hydrogen) atoms. The summed E-state index contributed by atoms with van der Waals surface area (Å²) in [7, 11) is 1.76. The topological polar surface area (TPSA) is 58.4 Å². The molecule has 1 aromatic carbocycles. The van der Waals surface area contributed by atoms with E-state index >= 15 is 0 Å². The van der Waals surface area contributed by atoms with Crippen LogP contribution >= 0.6 is 0 Å². The molecule has 5 nitrogen and oxygen atoms in total. The number of amides is 1. The Morgan fingerprint density at radius 1 is 1.45 bits per heavy atom. The molecule has 1 unspecified atom stereocenters. The van der Waals surface area contributed by atoms with E-state index in [0.717, 1.165) is 12.8 Å². The Kier molecular flexibility index (Phi) is 3.94. The van der Waals surface area contributed by atoms with Gasteiger partial charge < -0.3 is 10.0 Å². The van der Waals surface area contributed by atoms with Gasteiger partial charge in [0.15, 0.2) is 0 Å².